The van der Waals surface area contributed by atoms with E-state index in [1.165, 1.54) is 0 Å². The normalized spacial score (nSPS) is 10.8. The van der Waals surface area contributed by atoms with Crippen molar-refractivity contribution in [3.63, 3.8) is 0 Å². The molecule has 1 rings (SSSR count). The summed E-state index contributed by atoms with van der Waals surface area (Å²) in [6, 6.07) is 2.25. The van der Waals surface area contributed by atoms with Gasteiger partial charge in [0.1, 0.15) is 5.15 Å². The zero-order chi connectivity index (χ0) is 11.4. The van der Waals surface area contributed by atoms with Gasteiger partial charge in [0.25, 0.3) is 0 Å². The van der Waals surface area contributed by atoms with Crippen LogP contribution >= 0.6 is 23.2 Å². The van der Waals surface area contributed by atoms with Gasteiger partial charge in [0, 0.05) is 6.04 Å². The van der Waals surface area contributed by atoms with Gasteiger partial charge in [0.15, 0.2) is 5.15 Å². The van der Waals surface area contributed by atoms with Crippen molar-refractivity contribution in [2.75, 3.05) is 5.32 Å². The number of hydrogen-bond donors (Lipinski definition) is 1. The molecule has 0 fully saturated rings. The van der Waals surface area contributed by atoms with Crippen LogP contribution in [0.25, 0.3) is 0 Å². The first-order chi connectivity index (χ1) is 7.08. The summed E-state index contributed by atoms with van der Waals surface area (Å²) in [6.45, 7) is 6.27. The predicted molar refractivity (Wildman–Crippen MR) is 67.0 cm³/mol. The summed E-state index contributed by atoms with van der Waals surface area (Å²) >= 11 is 11.8. The number of aromatic nitrogens is 1. The molecule has 0 saturated heterocycles. The third kappa shape index (κ3) is 3.25. The minimum Gasteiger partial charge on any atom is -0.380 e. The third-order valence-corrected chi connectivity index (χ3v) is 2.94. The highest BCUT2D eigenvalue weighted by molar-refractivity contribution is 6.34. The van der Waals surface area contributed by atoms with Crippen molar-refractivity contribution in [2.24, 2.45) is 0 Å². The summed E-state index contributed by atoms with van der Waals surface area (Å²) in [5.41, 5.74) is 1.93. The van der Waals surface area contributed by atoms with Crippen LogP contribution in [0.3, 0.4) is 0 Å². The van der Waals surface area contributed by atoms with E-state index in [1.54, 1.807) is 0 Å². The van der Waals surface area contributed by atoms with Crippen LogP contribution in [0.1, 0.15) is 32.3 Å². The number of halogens is 2. The number of pyridine rings is 1. The summed E-state index contributed by atoms with van der Waals surface area (Å²) in [7, 11) is 0. The molecule has 2 nitrogen and oxygen atoms in total. The molecule has 15 heavy (non-hydrogen) atoms. The Balaban J connectivity index is 2.94. The maximum absolute atomic E-state index is 6.03. The van der Waals surface area contributed by atoms with Gasteiger partial charge in [-0.2, -0.15) is 0 Å². The molecule has 84 valence electrons. The number of anilines is 1. The minimum atomic E-state index is 0.434. The van der Waals surface area contributed by atoms with Crippen molar-refractivity contribution >= 4 is 28.9 Å². The van der Waals surface area contributed by atoms with Gasteiger partial charge in [-0.3, -0.25) is 0 Å². The van der Waals surface area contributed by atoms with Gasteiger partial charge in [-0.05, 0) is 31.4 Å². The SMILES string of the molecule is CCC(CC)Nc1c(C)cc(Cl)nc1Cl. The van der Waals surface area contributed by atoms with Crippen LogP contribution in [0.5, 0.6) is 0 Å². The molecule has 4 heteroatoms. The molecular formula is C11H16Cl2N2. The van der Waals surface area contributed by atoms with Crippen molar-refractivity contribution in [1.82, 2.24) is 4.98 Å². The van der Waals surface area contributed by atoms with Crippen LogP contribution < -0.4 is 5.32 Å². The monoisotopic (exact) mass is 246 g/mol. The van der Waals surface area contributed by atoms with E-state index < -0.39 is 0 Å². The molecule has 1 heterocycles. The maximum atomic E-state index is 6.03. The Morgan fingerprint density at radius 3 is 2.40 bits per heavy atom. The number of rotatable bonds is 4. The van der Waals surface area contributed by atoms with E-state index in [1.807, 2.05) is 13.0 Å². The fraction of sp³-hybridized carbons (Fsp3) is 0.545. The Morgan fingerprint density at radius 2 is 1.93 bits per heavy atom. The molecule has 0 saturated carbocycles. The zero-order valence-corrected chi connectivity index (χ0v) is 10.8. The molecule has 1 aromatic rings. The van der Waals surface area contributed by atoms with E-state index in [9.17, 15) is 0 Å². The predicted octanol–water partition coefficient (Wildman–Crippen LogP) is 4.30. The van der Waals surface area contributed by atoms with Crippen molar-refractivity contribution < 1.29 is 0 Å². The smallest absolute Gasteiger partial charge is 0.154 e. The molecule has 0 aliphatic heterocycles. The van der Waals surface area contributed by atoms with Crippen molar-refractivity contribution in [3.8, 4) is 0 Å². The highest BCUT2D eigenvalue weighted by atomic mass is 35.5. The Bertz CT molecular complexity index is 312. The van der Waals surface area contributed by atoms with Gasteiger partial charge in [-0.15, -0.1) is 0 Å². The van der Waals surface area contributed by atoms with Crippen LogP contribution in [0.4, 0.5) is 5.69 Å². The van der Waals surface area contributed by atoms with Crippen LogP contribution in [-0.2, 0) is 0 Å². The quantitative estimate of drug-likeness (QED) is 0.802. The molecule has 0 aromatic carbocycles. The second-order valence-corrected chi connectivity index (χ2v) is 4.33. The summed E-state index contributed by atoms with van der Waals surface area (Å²) in [4.78, 5) is 4.02. The number of nitrogens with zero attached hydrogens (tertiary/aromatic N) is 1. The van der Waals surface area contributed by atoms with Gasteiger partial charge < -0.3 is 5.32 Å². The van der Waals surface area contributed by atoms with Crippen molar-refractivity contribution in [1.29, 1.82) is 0 Å². The largest absolute Gasteiger partial charge is 0.380 e. The number of nitrogens with one attached hydrogen (secondary N) is 1. The molecule has 1 aromatic heterocycles. The Morgan fingerprint density at radius 1 is 1.33 bits per heavy atom. The number of aryl methyl sites for hydroxylation is 1. The first-order valence-electron chi connectivity index (χ1n) is 5.17. The second-order valence-electron chi connectivity index (χ2n) is 3.59. The second kappa shape index (κ2) is 5.57. The van der Waals surface area contributed by atoms with Gasteiger partial charge in [-0.1, -0.05) is 37.0 Å². The van der Waals surface area contributed by atoms with Crippen LogP contribution in [0.15, 0.2) is 6.07 Å². The van der Waals surface area contributed by atoms with Crippen molar-refractivity contribution in [3.05, 3.63) is 21.9 Å². The summed E-state index contributed by atoms with van der Waals surface area (Å²) in [5.74, 6) is 0. The highest BCUT2D eigenvalue weighted by Crippen LogP contribution is 2.27. The molecule has 0 amide bonds. The van der Waals surface area contributed by atoms with Gasteiger partial charge in [0.05, 0.1) is 5.69 Å². The lowest BCUT2D eigenvalue weighted by atomic mass is 10.1. The fourth-order valence-electron chi connectivity index (χ4n) is 1.47. The first-order valence-corrected chi connectivity index (χ1v) is 5.93. The first kappa shape index (κ1) is 12.6. The van der Waals surface area contributed by atoms with E-state index in [-0.39, 0.29) is 0 Å². The molecule has 0 aliphatic carbocycles. The number of hydrogen-bond acceptors (Lipinski definition) is 2. The lowest BCUT2D eigenvalue weighted by Crippen LogP contribution is -2.18. The van der Waals surface area contributed by atoms with Gasteiger partial charge >= 0.3 is 0 Å². The van der Waals surface area contributed by atoms with Gasteiger partial charge in [0.2, 0.25) is 0 Å². The zero-order valence-electron chi connectivity index (χ0n) is 9.27. The molecule has 1 N–H and O–H groups in total. The molecule has 0 atom stereocenters. The summed E-state index contributed by atoms with van der Waals surface area (Å²) in [6.07, 6.45) is 2.13. The lowest BCUT2D eigenvalue weighted by Gasteiger charge is -2.18. The standard InChI is InChI=1S/C11H16Cl2N2/c1-4-8(5-2)14-10-7(3)6-9(12)15-11(10)13/h6,8,14H,4-5H2,1-3H3. The Kier molecular flexibility index (Phi) is 4.68. The maximum Gasteiger partial charge on any atom is 0.154 e. The van der Waals surface area contributed by atoms with Crippen LogP contribution in [0, 0.1) is 6.92 Å². The lowest BCUT2D eigenvalue weighted by molar-refractivity contribution is 0.671. The Labute approximate surface area is 101 Å². The topological polar surface area (TPSA) is 24.9 Å². The molecule has 0 unspecified atom stereocenters. The van der Waals surface area contributed by atoms with Crippen LogP contribution in [-0.4, -0.2) is 11.0 Å². The highest BCUT2D eigenvalue weighted by Gasteiger charge is 2.10. The minimum absolute atomic E-state index is 0.434. The average molecular weight is 247 g/mol. The molecule has 0 radical (unpaired) electrons. The summed E-state index contributed by atoms with van der Waals surface area (Å²) < 4.78 is 0. The van der Waals surface area contributed by atoms with E-state index >= 15 is 0 Å². The van der Waals surface area contributed by atoms with Crippen molar-refractivity contribution in [2.45, 2.75) is 39.7 Å². The third-order valence-electron chi connectivity index (χ3n) is 2.48. The summed E-state index contributed by atoms with van der Waals surface area (Å²) in [5, 5.41) is 4.28. The van der Waals surface area contributed by atoms with Crippen LogP contribution in [0.2, 0.25) is 10.3 Å². The molecule has 0 aliphatic rings. The average Bonchev–Trinajstić information content (AvgIpc) is 2.17. The molecular weight excluding hydrogens is 231 g/mol. The van der Waals surface area contributed by atoms with E-state index in [0.717, 1.165) is 24.1 Å². The van der Waals surface area contributed by atoms with Gasteiger partial charge in [-0.25, -0.2) is 4.98 Å². The van der Waals surface area contributed by atoms with E-state index in [4.69, 9.17) is 23.2 Å². The molecule has 0 bridgehead atoms. The molecule has 0 spiro atoms. The van der Waals surface area contributed by atoms with E-state index in [2.05, 4.69) is 24.1 Å². The fourth-order valence-corrected chi connectivity index (χ4v) is 2.05. The van der Waals surface area contributed by atoms with E-state index in [0.29, 0.717) is 16.3 Å². The Hall–Kier alpha value is -0.470.